The number of rotatable bonds is 6. The van der Waals surface area contributed by atoms with Crippen LogP contribution in [0.4, 0.5) is 5.69 Å². The normalized spacial score (nSPS) is 17.5. The molecule has 0 bridgehead atoms. The average molecular weight is 503 g/mol. The maximum atomic E-state index is 6.15. The third-order valence-electron chi connectivity index (χ3n) is 6.40. The Labute approximate surface area is 216 Å². The van der Waals surface area contributed by atoms with Gasteiger partial charge in [-0.3, -0.25) is 4.98 Å². The number of aromatic nitrogens is 2. The van der Waals surface area contributed by atoms with Crippen LogP contribution in [0.3, 0.4) is 0 Å². The quantitative estimate of drug-likeness (QED) is 0.296. The number of hydrogen-bond acceptors (Lipinski definition) is 3. The number of benzene rings is 2. The molecule has 5 rings (SSSR count). The first kappa shape index (κ1) is 23.4. The van der Waals surface area contributed by atoms with E-state index in [0.717, 1.165) is 39.2 Å². The summed E-state index contributed by atoms with van der Waals surface area (Å²) in [4.78, 5) is 6.87. The number of anilines is 1. The van der Waals surface area contributed by atoms with Crippen molar-refractivity contribution in [2.75, 3.05) is 11.5 Å². The number of halogens is 1. The summed E-state index contributed by atoms with van der Waals surface area (Å²) in [5.74, 6) is 0.841. The second-order valence-electron chi connectivity index (χ2n) is 8.56. The predicted molar refractivity (Wildman–Crippen MR) is 146 cm³/mol. The monoisotopic (exact) mass is 502 g/mol. The maximum Gasteiger partial charge on any atom is 0.174 e. The summed E-state index contributed by atoms with van der Waals surface area (Å²) in [6, 6.07) is 24.1. The van der Waals surface area contributed by atoms with Gasteiger partial charge in [-0.05, 0) is 105 Å². The van der Waals surface area contributed by atoms with Gasteiger partial charge in [-0.25, -0.2) is 0 Å². The number of nitrogens with zero attached hydrogens (tertiary/aromatic N) is 3. The molecule has 0 saturated carbocycles. The summed E-state index contributed by atoms with van der Waals surface area (Å²) in [5.41, 5.74) is 6.51. The lowest BCUT2D eigenvalue weighted by Gasteiger charge is -2.28. The molecule has 7 heteroatoms. The van der Waals surface area contributed by atoms with Crippen LogP contribution >= 0.6 is 23.8 Å². The highest BCUT2D eigenvalue weighted by molar-refractivity contribution is 7.80. The van der Waals surface area contributed by atoms with Crippen molar-refractivity contribution in [2.45, 2.75) is 32.9 Å². The fourth-order valence-electron chi connectivity index (χ4n) is 4.89. The van der Waals surface area contributed by atoms with Gasteiger partial charge in [0.25, 0.3) is 0 Å². The first-order valence-corrected chi connectivity index (χ1v) is 12.4. The molecule has 1 aliphatic rings. The van der Waals surface area contributed by atoms with E-state index in [1.165, 1.54) is 5.56 Å². The number of thiocarbonyl (C=S) groups is 1. The van der Waals surface area contributed by atoms with E-state index in [2.05, 4.69) is 51.8 Å². The Morgan fingerprint density at radius 3 is 2.37 bits per heavy atom. The molecule has 1 fully saturated rings. The van der Waals surface area contributed by atoms with E-state index >= 15 is 0 Å². The van der Waals surface area contributed by atoms with Gasteiger partial charge in [-0.1, -0.05) is 17.7 Å². The van der Waals surface area contributed by atoms with Gasteiger partial charge in [0.2, 0.25) is 0 Å². The second-order valence-corrected chi connectivity index (χ2v) is 9.38. The third kappa shape index (κ3) is 4.40. The molecular formula is C28H27ClN4OS. The fraction of sp³-hybridized carbons (Fsp3) is 0.214. The van der Waals surface area contributed by atoms with E-state index < -0.39 is 0 Å². The zero-order valence-corrected chi connectivity index (χ0v) is 21.5. The van der Waals surface area contributed by atoms with Crippen LogP contribution in [-0.4, -0.2) is 21.3 Å². The highest BCUT2D eigenvalue weighted by Gasteiger charge is 2.42. The van der Waals surface area contributed by atoms with Gasteiger partial charge in [0, 0.05) is 34.0 Å². The molecule has 2 aromatic carbocycles. The SMILES string of the molecule is CCOc1ccc(N2C(=S)N[C@@H](c3ccccn3)[C@H]2c2cc(C)n(-c3ccc(Cl)cc3)c2C)cc1. The minimum Gasteiger partial charge on any atom is -0.494 e. The van der Waals surface area contributed by atoms with Crippen LogP contribution in [0.25, 0.3) is 5.69 Å². The van der Waals surface area contributed by atoms with Crippen molar-refractivity contribution in [1.82, 2.24) is 14.9 Å². The van der Waals surface area contributed by atoms with Gasteiger partial charge < -0.3 is 19.5 Å². The summed E-state index contributed by atoms with van der Waals surface area (Å²) in [6.07, 6.45) is 1.83. The standard InChI is InChI=1S/C28H27ClN4OS/c1-4-34-23-14-12-22(13-15-23)33-27(26(31-28(33)35)25-7-5-6-16-30-25)24-17-18(2)32(19(24)3)21-10-8-20(29)9-11-21/h5-17,26-27H,4H2,1-3H3,(H,31,35)/t26-,27+/m0/s1. The second kappa shape index (κ2) is 9.72. The van der Waals surface area contributed by atoms with Crippen LogP contribution in [0.15, 0.2) is 79.0 Å². The lowest BCUT2D eigenvalue weighted by atomic mass is 9.96. The Morgan fingerprint density at radius 1 is 1.00 bits per heavy atom. The van der Waals surface area contributed by atoms with E-state index in [1.54, 1.807) is 0 Å². The molecule has 1 aliphatic heterocycles. The summed E-state index contributed by atoms with van der Waals surface area (Å²) in [6.45, 7) is 6.90. The highest BCUT2D eigenvalue weighted by Crippen LogP contribution is 2.44. The minimum absolute atomic E-state index is 0.0809. The Morgan fingerprint density at radius 2 is 1.71 bits per heavy atom. The molecule has 0 aliphatic carbocycles. The van der Waals surface area contributed by atoms with Crippen molar-refractivity contribution < 1.29 is 4.74 Å². The summed E-state index contributed by atoms with van der Waals surface area (Å²) < 4.78 is 7.92. The van der Waals surface area contributed by atoms with Crippen LogP contribution in [0.5, 0.6) is 5.75 Å². The molecule has 3 heterocycles. The summed E-state index contributed by atoms with van der Waals surface area (Å²) >= 11 is 12.0. The zero-order valence-electron chi connectivity index (χ0n) is 19.9. The van der Waals surface area contributed by atoms with Crippen molar-refractivity contribution in [3.63, 3.8) is 0 Å². The minimum atomic E-state index is -0.102. The van der Waals surface area contributed by atoms with Gasteiger partial charge in [0.1, 0.15) is 5.75 Å². The smallest absolute Gasteiger partial charge is 0.174 e. The van der Waals surface area contributed by atoms with E-state index in [1.807, 2.05) is 67.7 Å². The largest absolute Gasteiger partial charge is 0.494 e. The third-order valence-corrected chi connectivity index (χ3v) is 6.96. The van der Waals surface area contributed by atoms with Crippen LogP contribution in [-0.2, 0) is 0 Å². The van der Waals surface area contributed by atoms with Gasteiger partial charge >= 0.3 is 0 Å². The van der Waals surface area contributed by atoms with Gasteiger partial charge in [0.15, 0.2) is 5.11 Å². The molecule has 0 radical (unpaired) electrons. The molecule has 0 spiro atoms. The number of nitrogens with one attached hydrogen (secondary N) is 1. The summed E-state index contributed by atoms with van der Waals surface area (Å²) in [5, 5.41) is 4.94. The van der Waals surface area contributed by atoms with Crippen LogP contribution in [0.2, 0.25) is 5.02 Å². The molecule has 35 heavy (non-hydrogen) atoms. The molecule has 1 N–H and O–H groups in total. The molecule has 4 aromatic rings. The fourth-order valence-corrected chi connectivity index (χ4v) is 5.37. The molecule has 0 unspecified atom stereocenters. The van der Waals surface area contributed by atoms with E-state index in [0.29, 0.717) is 11.7 Å². The lowest BCUT2D eigenvalue weighted by Crippen LogP contribution is -2.29. The molecule has 178 valence electrons. The average Bonchev–Trinajstić information content (AvgIpc) is 3.36. The van der Waals surface area contributed by atoms with Crippen molar-refractivity contribution in [2.24, 2.45) is 0 Å². The Hall–Kier alpha value is -3.35. The summed E-state index contributed by atoms with van der Waals surface area (Å²) in [7, 11) is 0. The van der Waals surface area contributed by atoms with Crippen molar-refractivity contribution in [1.29, 1.82) is 0 Å². The van der Waals surface area contributed by atoms with Crippen molar-refractivity contribution in [3.8, 4) is 11.4 Å². The van der Waals surface area contributed by atoms with E-state index in [4.69, 9.17) is 28.6 Å². The maximum absolute atomic E-state index is 6.15. The van der Waals surface area contributed by atoms with Crippen LogP contribution in [0, 0.1) is 13.8 Å². The molecule has 2 atom stereocenters. The highest BCUT2D eigenvalue weighted by atomic mass is 35.5. The molecule has 0 amide bonds. The number of pyridine rings is 1. The van der Waals surface area contributed by atoms with Crippen LogP contribution < -0.4 is 15.0 Å². The van der Waals surface area contributed by atoms with Crippen molar-refractivity contribution in [3.05, 3.63) is 107 Å². The predicted octanol–water partition coefficient (Wildman–Crippen LogP) is 6.72. The Balaban J connectivity index is 1.63. The number of hydrogen-bond donors (Lipinski definition) is 1. The molecular weight excluding hydrogens is 476 g/mol. The number of ether oxygens (including phenoxy) is 1. The Kier molecular flexibility index (Phi) is 6.50. The lowest BCUT2D eigenvalue weighted by molar-refractivity contribution is 0.340. The molecule has 2 aromatic heterocycles. The van der Waals surface area contributed by atoms with E-state index in [-0.39, 0.29) is 12.1 Å². The first-order valence-electron chi connectivity index (χ1n) is 11.7. The van der Waals surface area contributed by atoms with Gasteiger partial charge in [-0.15, -0.1) is 0 Å². The Bertz CT molecular complexity index is 1340. The first-order chi connectivity index (χ1) is 17.0. The molecule has 1 saturated heterocycles. The topological polar surface area (TPSA) is 42.3 Å². The number of aryl methyl sites for hydroxylation is 1. The van der Waals surface area contributed by atoms with Gasteiger partial charge in [-0.2, -0.15) is 0 Å². The van der Waals surface area contributed by atoms with Gasteiger partial charge in [0.05, 0.1) is 24.4 Å². The molecule has 5 nitrogen and oxygen atoms in total. The van der Waals surface area contributed by atoms with Crippen molar-refractivity contribution >= 4 is 34.6 Å². The van der Waals surface area contributed by atoms with Crippen LogP contribution in [0.1, 0.15) is 41.7 Å². The van der Waals surface area contributed by atoms with E-state index in [9.17, 15) is 0 Å². The zero-order chi connectivity index (χ0) is 24.5.